The molecular weight excluding hydrogens is 394 g/mol. The van der Waals surface area contributed by atoms with E-state index in [1.807, 2.05) is 0 Å². The maximum absolute atomic E-state index is 12.4. The average Bonchev–Trinajstić information content (AvgIpc) is 2.68. The van der Waals surface area contributed by atoms with Crippen molar-refractivity contribution in [3.8, 4) is 28.7 Å². The van der Waals surface area contributed by atoms with Gasteiger partial charge in [-0.05, 0) is 6.07 Å². The lowest BCUT2D eigenvalue weighted by molar-refractivity contribution is -0.105. The summed E-state index contributed by atoms with van der Waals surface area (Å²) >= 11 is 5.77. The lowest BCUT2D eigenvalue weighted by atomic mass is 10.1. The summed E-state index contributed by atoms with van der Waals surface area (Å²) in [5, 5.41) is 21.6. The first-order valence-electron chi connectivity index (χ1n) is 7.78. The molecule has 0 radical (unpaired) electrons. The van der Waals surface area contributed by atoms with Crippen molar-refractivity contribution in [2.45, 2.75) is 6.61 Å². The molecule has 10 heteroatoms. The van der Waals surface area contributed by atoms with Gasteiger partial charge in [-0.1, -0.05) is 11.6 Å². The van der Waals surface area contributed by atoms with Gasteiger partial charge in [-0.2, -0.15) is 0 Å². The molecule has 28 heavy (non-hydrogen) atoms. The molecule has 0 saturated carbocycles. The number of nitrogens with one attached hydrogen (secondary N) is 1. The molecule has 0 spiro atoms. The van der Waals surface area contributed by atoms with Crippen LogP contribution in [-0.2, 0) is 16.1 Å². The molecule has 1 amide bonds. The Morgan fingerprint density at radius 2 is 1.75 bits per heavy atom. The van der Waals surface area contributed by atoms with Crippen molar-refractivity contribution in [2.75, 3.05) is 26.6 Å². The molecule has 0 aromatic heterocycles. The number of amides is 1. The standard InChI is InChI=1S/C18H18ClNO8/c1-25-15-5-12(20-8-21)16(26-2)10(17(15)27-3)7-28-18(24)9-4-11(19)14(23)6-13(9)22/h4-6,8,22-23H,7H2,1-3H3,(H,20,21). The summed E-state index contributed by atoms with van der Waals surface area (Å²) < 4.78 is 21.1. The van der Waals surface area contributed by atoms with Crippen LogP contribution in [0.25, 0.3) is 0 Å². The second-order valence-electron chi connectivity index (χ2n) is 5.33. The summed E-state index contributed by atoms with van der Waals surface area (Å²) in [6, 6.07) is 3.49. The Hall–Kier alpha value is -3.33. The molecule has 9 nitrogen and oxygen atoms in total. The van der Waals surface area contributed by atoms with Crippen LogP contribution in [-0.4, -0.2) is 43.9 Å². The van der Waals surface area contributed by atoms with Crippen molar-refractivity contribution in [3.63, 3.8) is 0 Å². The third-order valence-corrected chi connectivity index (χ3v) is 4.07. The minimum Gasteiger partial charge on any atom is -0.507 e. The molecule has 150 valence electrons. The highest BCUT2D eigenvalue weighted by Crippen LogP contribution is 2.43. The Morgan fingerprint density at radius 1 is 1.07 bits per heavy atom. The van der Waals surface area contributed by atoms with E-state index in [-0.39, 0.29) is 51.4 Å². The first-order valence-corrected chi connectivity index (χ1v) is 8.16. The van der Waals surface area contributed by atoms with Crippen LogP contribution in [0.3, 0.4) is 0 Å². The fourth-order valence-corrected chi connectivity index (χ4v) is 2.68. The normalized spacial score (nSPS) is 10.1. The molecule has 0 fully saturated rings. The zero-order valence-corrected chi connectivity index (χ0v) is 16.0. The van der Waals surface area contributed by atoms with Crippen LogP contribution in [0.15, 0.2) is 18.2 Å². The van der Waals surface area contributed by atoms with Gasteiger partial charge < -0.3 is 34.5 Å². The predicted octanol–water partition coefficient (Wildman–Crippen LogP) is 2.70. The molecule has 3 N–H and O–H groups in total. The van der Waals surface area contributed by atoms with E-state index in [1.165, 1.54) is 27.4 Å². The number of anilines is 1. The summed E-state index contributed by atoms with van der Waals surface area (Å²) in [6.45, 7) is -0.339. The molecule has 0 heterocycles. The molecule has 2 rings (SSSR count). The molecule has 0 aliphatic carbocycles. The number of esters is 1. The molecule has 0 unspecified atom stereocenters. The molecule has 0 atom stereocenters. The number of phenolic OH excluding ortho intramolecular Hbond substituents is 2. The van der Waals surface area contributed by atoms with Crippen LogP contribution in [0.4, 0.5) is 5.69 Å². The van der Waals surface area contributed by atoms with Gasteiger partial charge in [0.05, 0.1) is 37.6 Å². The van der Waals surface area contributed by atoms with Gasteiger partial charge in [0.2, 0.25) is 6.41 Å². The van der Waals surface area contributed by atoms with E-state index in [0.29, 0.717) is 6.41 Å². The number of hydrogen-bond donors (Lipinski definition) is 3. The van der Waals surface area contributed by atoms with E-state index in [0.717, 1.165) is 12.1 Å². The Kier molecular flexibility index (Phi) is 6.78. The molecule has 0 aliphatic rings. The molecule has 2 aromatic carbocycles. The first kappa shape index (κ1) is 21.0. The summed E-state index contributed by atoms with van der Waals surface area (Å²) in [5.74, 6) is -1.08. The molecule has 2 aromatic rings. The minimum absolute atomic E-state index is 0.126. The number of hydrogen-bond acceptors (Lipinski definition) is 8. The van der Waals surface area contributed by atoms with Crippen molar-refractivity contribution < 1.29 is 38.7 Å². The van der Waals surface area contributed by atoms with E-state index in [1.54, 1.807) is 0 Å². The van der Waals surface area contributed by atoms with Gasteiger partial charge in [0.15, 0.2) is 17.2 Å². The smallest absolute Gasteiger partial charge is 0.342 e. The number of phenols is 2. The Labute approximate surface area is 165 Å². The predicted molar refractivity (Wildman–Crippen MR) is 99.7 cm³/mol. The summed E-state index contributed by atoms with van der Waals surface area (Å²) in [4.78, 5) is 23.2. The van der Waals surface area contributed by atoms with Gasteiger partial charge in [0, 0.05) is 12.1 Å². The zero-order valence-electron chi connectivity index (χ0n) is 15.2. The number of ether oxygens (including phenoxy) is 4. The third-order valence-electron chi connectivity index (χ3n) is 3.77. The number of halogens is 1. The van der Waals surface area contributed by atoms with Gasteiger partial charge in [0.1, 0.15) is 23.7 Å². The maximum atomic E-state index is 12.4. The van der Waals surface area contributed by atoms with E-state index >= 15 is 0 Å². The molecule has 0 saturated heterocycles. The van der Waals surface area contributed by atoms with Crippen LogP contribution in [0.1, 0.15) is 15.9 Å². The molecule has 0 aliphatic heterocycles. The topological polar surface area (TPSA) is 124 Å². The van der Waals surface area contributed by atoms with Crippen molar-refractivity contribution in [3.05, 3.63) is 34.3 Å². The molecule has 0 bridgehead atoms. The highest BCUT2D eigenvalue weighted by atomic mass is 35.5. The van der Waals surface area contributed by atoms with Crippen molar-refractivity contribution in [2.24, 2.45) is 0 Å². The van der Waals surface area contributed by atoms with Gasteiger partial charge >= 0.3 is 5.97 Å². The lowest BCUT2D eigenvalue weighted by Gasteiger charge is -2.19. The Balaban J connectivity index is 2.42. The van der Waals surface area contributed by atoms with Crippen molar-refractivity contribution in [1.29, 1.82) is 0 Å². The second-order valence-corrected chi connectivity index (χ2v) is 5.74. The van der Waals surface area contributed by atoms with Crippen LogP contribution >= 0.6 is 11.6 Å². The summed E-state index contributed by atoms with van der Waals surface area (Å²) in [7, 11) is 4.16. The minimum atomic E-state index is -0.906. The van der Waals surface area contributed by atoms with Crippen LogP contribution in [0.2, 0.25) is 5.02 Å². The van der Waals surface area contributed by atoms with Crippen molar-refractivity contribution in [1.82, 2.24) is 0 Å². The number of carbonyl (C=O) groups excluding carboxylic acids is 2. The SMILES string of the molecule is COc1cc(NC=O)c(OC)c(COC(=O)c2cc(Cl)c(O)cc2O)c1OC. The van der Waals surface area contributed by atoms with Crippen LogP contribution < -0.4 is 19.5 Å². The van der Waals surface area contributed by atoms with Gasteiger partial charge in [0.25, 0.3) is 0 Å². The molecular formula is C18H18ClNO8. The quantitative estimate of drug-likeness (QED) is 0.447. The fraction of sp³-hybridized carbons (Fsp3) is 0.222. The van der Waals surface area contributed by atoms with Crippen LogP contribution in [0.5, 0.6) is 28.7 Å². The van der Waals surface area contributed by atoms with Gasteiger partial charge in [-0.15, -0.1) is 0 Å². The van der Waals surface area contributed by atoms with E-state index < -0.39 is 11.7 Å². The number of benzene rings is 2. The summed E-state index contributed by atoms with van der Waals surface area (Å²) in [6.07, 6.45) is 0.454. The largest absolute Gasteiger partial charge is 0.507 e. The summed E-state index contributed by atoms with van der Waals surface area (Å²) in [5.41, 5.74) is 0.318. The number of carbonyl (C=O) groups is 2. The highest BCUT2D eigenvalue weighted by Gasteiger charge is 2.23. The second kappa shape index (κ2) is 9.05. The van der Waals surface area contributed by atoms with E-state index in [9.17, 15) is 19.8 Å². The Morgan fingerprint density at radius 3 is 2.32 bits per heavy atom. The zero-order chi connectivity index (χ0) is 20.8. The third kappa shape index (κ3) is 4.15. The lowest BCUT2D eigenvalue weighted by Crippen LogP contribution is -2.10. The first-order chi connectivity index (χ1) is 13.4. The Bertz CT molecular complexity index is 900. The monoisotopic (exact) mass is 411 g/mol. The number of aromatic hydroxyl groups is 2. The maximum Gasteiger partial charge on any atom is 0.342 e. The van der Waals surface area contributed by atoms with E-state index in [4.69, 9.17) is 30.5 Å². The van der Waals surface area contributed by atoms with Gasteiger partial charge in [-0.3, -0.25) is 4.79 Å². The van der Waals surface area contributed by atoms with Crippen LogP contribution in [0, 0.1) is 0 Å². The number of rotatable bonds is 8. The van der Waals surface area contributed by atoms with Gasteiger partial charge in [-0.25, -0.2) is 4.79 Å². The van der Waals surface area contributed by atoms with Crippen molar-refractivity contribution >= 4 is 29.7 Å². The fourth-order valence-electron chi connectivity index (χ4n) is 2.52. The number of methoxy groups -OCH3 is 3. The van der Waals surface area contributed by atoms with E-state index in [2.05, 4.69) is 5.32 Å². The average molecular weight is 412 g/mol. The highest BCUT2D eigenvalue weighted by molar-refractivity contribution is 6.32.